The van der Waals surface area contributed by atoms with Gasteiger partial charge in [0, 0.05) is 18.3 Å². The summed E-state index contributed by atoms with van der Waals surface area (Å²) in [7, 11) is 0. The van der Waals surface area contributed by atoms with Gasteiger partial charge < -0.3 is 10.1 Å². The Morgan fingerprint density at radius 3 is 2.61 bits per heavy atom. The fourth-order valence-corrected chi connectivity index (χ4v) is 3.01. The lowest BCUT2D eigenvalue weighted by Crippen LogP contribution is -2.25. The molecular weight excluding hydrogens is 378 g/mol. The Hall–Kier alpha value is -3.26. The van der Waals surface area contributed by atoms with Crippen LogP contribution in [0.25, 0.3) is 0 Å². The topological polar surface area (TPSA) is 90.3 Å². The highest BCUT2D eigenvalue weighted by atomic mass is 32.1. The van der Waals surface area contributed by atoms with Crippen molar-refractivity contribution in [1.29, 1.82) is 0 Å². The van der Waals surface area contributed by atoms with E-state index in [1.807, 2.05) is 18.4 Å². The van der Waals surface area contributed by atoms with Crippen molar-refractivity contribution in [3.8, 4) is 5.75 Å². The molecular formula is C20H19N3O4S. The number of hydrogen-bond donors (Lipinski definition) is 1. The molecule has 1 aromatic carbocycles. The van der Waals surface area contributed by atoms with Gasteiger partial charge in [-0.1, -0.05) is 19.4 Å². The van der Waals surface area contributed by atoms with Gasteiger partial charge in [0.15, 0.2) is 5.69 Å². The molecule has 1 amide bonds. The van der Waals surface area contributed by atoms with Crippen LogP contribution in [0.15, 0.2) is 58.7 Å². The highest BCUT2D eigenvalue weighted by Crippen LogP contribution is 2.18. The van der Waals surface area contributed by atoms with Crippen LogP contribution in [0.4, 0.5) is 5.69 Å². The van der Waals surface area contributed by atoms with E-state index in [-0.39, 0.29) is 17.2 Å². The number of esters is 1. The van der Waals surface area contributed by atoms with Gasteiger partial charge in [-0.05, 0) is 48.2 Å². The second-order valence-electron chi connectivity index (χ2n) is 5.98. The molecule has 0 spiro atoms. The standard InChI is InChI=1S/C20H19N3O4S/c1-2-3-12-23-18(24)11-10-16(22-23)20(26)27-15-8-6-14(7-9-15)21-19(25)17-5-4-13-28-17/h4-11,13H,2-3,12H2,1H3,(H,21,25). The number of benzene rings is 1. The molecule has 0 fully saturated rings. The van der Waals surface area contributed by atoms with Crippen molar-refractivity contribution in [3.05, 3.63) is 74.8 Å². The molecule has 7 nitrogen and oxygen atoms in total. The lowest BCUT2D eigenvalue weighted by Gasteiger charge is -2.08. The van der Waals surface area contributed by atoms with Crippen LogP contribution in [0.3, 0.4) is 0 Å². The highest BCUT2D eigenvalue weighted by Gasteiger charge is 2.13. The van der Waals surface area contributed by atoms with E-state index in [4.69, 9.17) is 4.74 Å². The minimum absolute atomic E-state index is 0.0609. The summed E-state index contributed by atoms with van der Waals surface area (Å²) in [5, 5.41) is 8.67. The first-order valence-electron chi connectivity index (χ1n) is 8.82. The summed E-state index contributed by atoms with van der Waals surface area (Å²) in [6, 6.07) is 12.6. The average Bonchev–Trinajstić information content (AvgIpc) is 3.24. The van der Waals surface area contributed by atoms with E-state index < -0.39 is 5.97 Å². The maximum atomic E-state index is 12.3. The number of hydrogen-bond acceptors (Lipinski definition) is 6. The summed E-state index contributed by atoms with van der Waals surface area (Å²) in [4.78, 5) is 36.7. The van der Waals surface area contributed by atoms with E-state index in [2.05, 4.69) is 10.4 Å². The Bertz CT molecular complexity index is 1010. The second-order valence-corrected chi connectivity index (χ2v) is 6.93. The Morgan fingerprint density at radius 1 is 1.14 bits per heavy atom. The quantitative estimate of drug-likeness (QED) is 0.486. The number of nitrogens with one attached hydrogen (secondary N) is 1. The highest BCUT2D eigenvalue weighted by molar-refractivity contribution is 7.12. The summed E-state index contributed by atoms with van der Waals surface area (Å²) in [5.74, 6) is -0.536. The smallest absolute Gasteiger partial charge is 0.364 e. The molecule has 8 heteroatoms. The van der Waals surface area contributed by atoms with E-state index in [0.717, 1.165) is 12.8 Å². The summed E-state index contributed by atoms with van der Waals surface area (Å²) in [5.41, 5.74) is 0.394. The van der Waals surface area contributed by atoms with Crippen molar-refractivity contribution in [2.24, 2.45) is 0 Å². The zero-order valence-corrected chi connectivity index (χ0v) is 16.1. The third kappa shape index (κ3) is 4.92. The van der Waals surface area contributed by atoms with Crippen LogP contribution in [0.2, 0.25) is 0 Å². The first kappa shape index (κ1) is 19.5. The number of aryl methyl sites for hydroxylation is 1. The monoisotopic (exact) mass is 397 g/mol. The van der Waals surface area contributed by atoms with Crippen LogP contribution in [0.1, 0.15) is 39.9 Å². The van der Waals surface area contributed by atoms with Crippen molar-refractivity contribution in [3.63, 3.8) is 0 Å². The van der Waals surface area contributed by atoms with E-state index in [1.165, 1.54) is 28.2 Å². The van der Waals surface area contributed by atoms with Gasteiger partial charge in [-0.25, -0.2) is 9.48 Å². The van der Waals surface area contributed by atoms with Crippen molar-refractivity contribution in [2.45, 2.75) is 26.3 Å². The third-order valence-electron chi connectivity index (χ3n) is 3.87. The summed E-state index contributed by atoms with van der Waals surface area (Å²) >= 11 is 1.35. The van der Waals surface area contributed by atoms with Crippen LogP contribution in [-0.2, 0) is 6.54 Å². The molecule has 0 radical (unpaired) electrons. The number of anilines is 1. The van der Waals surface area contributed by atoms with Gasteiger partial charge in [0.05, 0.1) is 4.88 Å². The van der Waals surface area contributed by atoms with Crippen LogP contribution in [0.5, 0.6) is 5.75 Å². The maximum Gasteiger partial charge on any atom is 0.364 e. The molecule has 0 bridgehead atoms. The molecule has 0 saturated carbocycles. The van der Waals surface area contributed by atoms with Crippen LogP contribution < -0.4 is 15.6 Å². The van der Waals surface area contributed by atoms with Crippen LogP contribution in [-0.4, -0.2) is 21.7 Å². The Morgan fingerprint density at radius 2 is 1.93 bits per heavy atom. The Labute approximate surface area is 165 Å². The first-order chi connectivity index (χ1) is 13.6. The number of unbranched alkanes of at least 4 members (excludes halogenated alkanes) is 1. The van der Waals surface area contributed by atoms with Gasteiger partial charge in [-0.15, -0.1) is 11.3 Å². The third-order valence-corrected chi connectivity index (χ3v) is 4.74. The number of rotatable bonds is 7. The maximum absolute atomic E-state index is 12.3. The number of carbonyl (C=O) groups excluding carboxylic acids is 2. The number of thiophene rings is 1. The van der Waals surface area contributed by atoms with E-state index in [0.29, 0.717) is 22.9 Å². The fourth-order valence-electron chi connectivity index (χ4n) is 2.39. The van der Waals surface area contributed by atoms with Crippen molar-refractivity contribution >= 4 is 28.9 Å². The van der Waals surface area contributed by atoms with Crippen molar-refractivity contribution in [2.75, 3.05) is 5.32 Å². The lowest BCUT2D eigenvalue weighted by molar-refractivity contribution is 0.0725. The van der Waals surface area contributed by atoms with E-state index in [1.54, 1.807) is 30.3 Å². The minimum Gasteiger partial charge on any atom is -0.422 e. The molecule has 0 aliphatic carbocycles. The van der Waals surface area contributed by atoms with Gasteiger partial charge in [0.25, 0.3) is 11.5 Å². The molecule has 0 atom stereocenters. The molecule has 144 valence electrons. The predicted molar refractivity (Wildman–Crippen MR) is 107 cm³/mol. The average molecular weight is 397 g/mol. The zero-order chi connectivity index (χ0) is 19.9. The number of carbonyl (C=O) groups is 2. The van der Waals surface area contributed by atoms with Gasteiger partial charge in [-0.2, -0.15) is 5.10 Å². The molecule has 28 heavy (non-hydrogen) atoms. The molecule has 0 aliphatic rings. The fraction of sp³-hybridized carbons (Fsp3) is 0.200. The summed E-state index contributed by atoms with van der Waals surface area (Å²) in [6.07, 6.45) is 1.71. The summed E-state index contributed by atoms with van der Waals surface area (Å²) < 4.78 is 6.57. The number of amides is 1. The summed E-state index contributed by atoms with van der Waals surface area (Å²) in [6.45, 7) is 2.46. The predicted octanol–water partition coefficient (Wildman–Crippen LogP) is 3.58. The Kier molecular flexibility index (Phi) is 6.33. The molecule has 3 aromatic rings. The second kappa shape index (κ2) is 9.09. The van der Waals surface area contributed by atoms with Gasteiger partial charge >= 0.3 is 5.97 Å². The lowest BCUT2D eigenvalue weighted by atomic mass is 10.3. The molecule has 0 saturated heterocycles. The molecule has 2 heterocycles. The zero-order valence-electron chi connectivity index (χ0n) is 15.3. The molecule has 1 N–H and O–H groups in total. The van der Waals surface area contributed by atoms with Crippen LogP contribution in [0, 0.1) is 0 Å². The van der Waals surface area contributed by atoms with E-state index in [9.17, 15) is 14.4 Å². The number of aromatic nitrogens is 2. The largest absolute Gasteiger partial charge is 0.422 e. The van der Waals surface area contributed by atoms with Gasteiger partial charge in [0.2, 0.25) is 0 Å². The van der Waals surface area contributed by atoms with E-state index >= 15 is 0 Å². The number of nitrogens with zero attached hydrogens (tertiary/aromatic N) is 2. The SMILES string of the molecule is CCCCn1nc(C(=O)Oc2ccc(NC(=O)c3cccs3)cc2)ccc1=O. The molecule has 2 aromatic heterocycles. The molecule has 0 unspecified atom stereocenters. The number of ether oxygens (including phenoxy) is 1. The first-order valence-corrected chi connectivity index (χ1v) is 9.70. The van der Waals surface area contributed by atoms with Crippen molar-refractivity contribution in [1.82, 2.24) is 9.78 Å². The van der Waals surface area contributed by atoms with Crippen molar-refractivity contribution < 1.29 is 14.3 Å². The van der Waals surface area contributed by atoms with Gasteiger partial charge in [-0.3, -0.25) is 9.59 Å². The molecule has 0 aliphatic heterocycles. The minimum atomic E-state index is -0.652. The van der Waals surface area contributed by atoms with Gasteiger partial charge in [0.1, 0.15) is 5.75 Å². The van der Waals surface area contributed by atoms with Crippen LogP contribution >= 0.6 is 11.3 Å². The normalized spacial score (nSPS) is 10.5. The Balaban J connectivity index is 1.64. The molecule has 3 rings (SSSR count).